The molecule has 19 heavy (non-hydrogen) atoms. The number of nitro benzene ring substituents is 1. The summed E-state index contributed by atoms with van der Waals surface area (Å²) < 4.78 is 0. The minimum atomic E-state index is -0.550. The van der Waals surface area contributed by atoms with Crippen molar-refractivity contribution in [3.05, 3.63) is 52.6 Å². The van der Waals surface area contributed by atoms with Crippen LogP contribution in [0.3, 0.4) is 0 Å². The average Bonchev–Trinajstić information content (AvgIpc) is 2.81. The van der Waals surface area contributed by atoms with Gasteiger partial charge in [0.2, 0.25) is 0 Å². The van der Waals surface area contributed by atoms with Gasteiger partial charge in [0.25, 0.3) is 5.69 Å². The van der Waals surface area contributed by atoms with Crippen molar-refractivity contribution in [2.24, 2.45) is 0 Å². The SMILES string of the molecule is O=[N+]([O-])c1cc(O)cc(-c2nc3ccccc3[nH]2)c1. The van der Waals surface area contributed by atoms with E-state index in [0.717, 1.165) is 17.1 Å². The Kier molecular flexibility index (Phi) is 2.42. The third-order valence-electron chi connectivity index (χ3n) is 2.78. The molecule has 6 nitrogen and oxygen atoms in total. The Bertz CT molecular complexity index is 747. The third-order valence-corrected chi connectivity index (χ3v) is 2.78. The highest BCUT2D eigenvalue weighted by Crippen LogP contribution is 2.28. The highest BCUT2D eigenvalue weighted by atomic mass is 16.6. The van der Waals surface area contributed by atoms with Crippen LogP contribution in [0.25, 0.3) is 22.4 Å². The lowest BCUT2D eigenvalue weighted by Gasteiger charge is -1.99. The second-order valence-electron chi connectivity index (χ2n) is 4.10. The first-order chi connectivity index (χ1) is 9.13. The minimum Gasteiger partial charge on any atom is -0.508 e. The molecule has 1 heterocycles. The van der Waals surface area contributed by atoms with Crippen molar-refractivity contribution in [1.29, 1.82) is 0 Å². The monoisotopic (exact) mass is 255 g/mol. The number of nitrogens with zero attached hydrogens (tertiary/aromatic N) is 2. The van der Waals surface area contributed by atoms with Gasteiger partial charge in [-0.15, -0.1) is 0 Å². The number of fused-ring (bicyclic) bond motifs is 1. The summed E-state index contributed by atoms with van der Waals surface area (Å²) in [4.78, 5) is 17.6. The van der Waals surface area contributed by atoms with Crippen molar-refractivity contribution in [2.75, 3.05) is 0 Å². The van der Waals surface area contributed by atoms with Crippen LogP contribution in [-0.4, -0.2) is 20.0 Å². The molecule has 0 fully saturated rings. The number of non-ortho nitro benzene ring substituents is 1. The van der Waals surface area contributed by atoms with Gasteiger partial charge in [0.1, 0.15) is 11.6 Å². The Morgan fingerprint density at radius 2 is 2.00 bits per heavy atom. The van der Waals surface area contributed by atoms with Gasteiger partial charge in [-0.1, -0.05) is 12.1 Å². The van der Waals surface area contributed by atoms with E-state index < -0.39 is 4.92 Å². The highest BCUT2D eigenvalue weighted by Gasteiger charge is 2.13. The predicted molar refractivity (Wildman–Crippen MR) is 69.8 cm³/mol. The Labute approximate surface area is 107 Å². The number of nitrogens with one attached hydrogen (secondary N) is 1. The van der Waals surface area contributed by atoms with Gasteiger partial charge in [-0.2, -0.15) is 0 Å². The largest absolute Gasteiger partial charge is 0.508 e. The molecule has 0 saturated carbocycles. The maximum Gasteiger partial charge on any atom is 0.273 e. The first-order valence-corrected chi connectivity index (χ1v) is 5.57. The highest BCUT2D eigenvalue weighted by molar-refractivity contribution is 5.79. The normalized spacial score (nSPS) is 10.7. The zero-order valence-electron chi connectivity index (χ0n) is 9.70. The summed E-state index contributed by atoms with van der Waals surface area (Å²) in [5.41, 5.74) is 1.91. The van der Waals surface area contributed by atoms with Crippen LogP contribution in [0.2, 0.25) is 0 Å². The molecule has 3 aromatic rings. The number of aromatic amines is 1. The van der Waals surface area contributed by atoms with E-state index in [1.165, 1.54) is 12.1 Å². The molecule has 6 heteroatoms. The van der Waals surface area contributed by atoms with Crippen LogP contribution in [0.4, 0.5) is 5.69 Å². The van der Waals surface area contributed by atoms with Crippen LogP contribution >= 0.6 is 0 Å². The molecule has 0 aliphatic rings. The van der Waals surface area contributed by atoms with E-state index >= 15 is 0 Å². The Morgan fingerprint density at radius 1 is 1.21 bits per heavy atom. The summed E-state index contributed by atoms with van der Waals surface area (Å²) >= 11 is 0. The van der Waals surface area contributed by atoms with E-state index in [4.69, 9.17) is 0 Å². The smallest absolute Gasteiger partial charge is 0.273 e. The lowest BCUT2D eigenvalue weighted by molar-refractivity contribution is -0.384. The van der Waals surface area contributed by atoms with Gasteiger partial charge in [-0.3, -0.25) is 10.1 Å². The number of phenols is 1. The van der Waals surface area contributed by atoms with E-state index in [0.29, 0.717) is 11.4 Å². The standard InChI is InChI=1S/C13H9N3O3/c17-10-6-8(5-9(7-10)16(18)19)13-14-11-3-1-2-4-12(11)15-13/h1-7,17H,(H,14,15). The van der Waals surface area contributed by atoms with E-state index in [2.05, 4.69) is 9.97 Å². The summed E-state index contributed by atoms with van der Waals surface area (Å²) in [5.74, 6) is 0.324. The maximum atomic E-state index is 10.8. The molecular weight excluding hydrogens is 246 g/mol. The number of phenolic OH excluding ortho intramolecular Hbond substituents is 1. The molecule has 0 bridgehead atoms. The zero-order valence-corrected chi connectivity index (χ0v) is 9.70. The fourth-order valence-electron chi connectivity index (χ4n) is 1.93. The van der Waals surface area contributed by atoms with Crippen LogP contribution in [0.1, 0.15) is 0 Å². The van der Waals surface area contributed by atoms with Gasteiger partial charge in [0.15, 0.2) is 0 Å². The molecule has 2 N–H and O–H groups in total. The van der Waals surface area contributed by atoms with Crippen molar-refractivity contribution < 1.29 is 10.0 Å². The van der Waals surface area contributed by atoms with Crippen molar-refractivity contribution in [2.45, 2.75) is 0 Å². The number of nitro groups is 1. The number of rotatable bonds is 2. The molecule has 0 aliphatic carbocycles. The van der Waals surface area contributed by atoms with E-state index in [-0.39, 0.29) is 11.4 Å². The third kappa shape index (κ3) is 1.99. The predicted octanol–water partition coefficient (Wildman–Crippen LogP) is 2.84. The van der Waals surface area contributed by atoms with Gasteiger partial charge in [0, 0.05) is 11.6 Å². The minimum absolute atomic E-state index is 0.162. The topological polar surface area (TPSA) is 92.1 Å². The maximum absolute atomic E-state index is 10.8. The quantitative estimate of drug-likeness (QED) is 0.544. The number of benzene rings is 2. The molecule has 0 spiro atoms. The molecule has 0 atom stereocenters. The number of imidazole rings is 1. The van der Waals surface area contributed by atoms with Crippen molar-refractivity contribution >= 4 is 16.7 Å². The summed E-state index contributed by atoms with van der Waals surface area (Å²) in [6, 6.07) is 11.3. The molecule has 2 aromatic carbocycles. The Balaban J connectivity index is 2.17. The van der Waals surface area contributed by atoms with Crippen molar-refractivity contribution in [3.63, 3.8) is 0 Å². The van der Waals surface area contributed by atoms with Crippen LogP contribution in [0.15, 0.2) is 42.5 Å². The van der Waals surface area contributed by atoms with E-state index in [1.54, 1.807) is 0 Å². The molecule has 0 aliphatic heterocycles. The number of para-hydroxylation sites is 2. The number of H-pyrrole nitrogens is 1. The summed E-state index contributed by atoms with van der Waals surface area (Å²) in [6.07, 6.45) is 0. The number of hydrogen-bond donors (Lipinski definition) is 2. The fourth-order valence-corrected chi connectivity index (χ4v) is 1.93. The number of hydrogen-bond acceptors (Lipinski definition) is 4. The zero-order chi connectivity index (χ0) is 13.4. The molecule has 0 amide bonds. The summed E-state index contributed by atoms with van der Waals surface area (Å²) in [6.45, 7) is 0. The van der Waals surface area contributed by atoms with Crippen LogP contribution in [0, 0.1) is 10.1 Å². The second kappa shape index (κ2) is 4.09. The fraction of sp³-hybridized carbons (Fsp3) is 0. The molecule has 1 aromatic heterocycles. The second-order valence-corrected chi connectivity index (χ2v) is 4.10. The number of aromatic nitrogens is 2. The van der Waals surface area contributed by atoms with Gasteiger partial charge in [0.05, 0.1) is 22.0 Å². The van der Waals surface area contributed by atoms with E-state index in [1.807, 2.05) is 24.3 Å². The molecular formula is C13H9N3O3. The Hall–Kier alpha value is -2.89. The summed E-state index contributed by atoms with van der Waals surface area (Å²) in [7, 11) is 0. The average molecular weight is 255 g/mol. The molecule has 0 unspecified atom stereocenters. The van der Waals surface area contributed by atoms with Gasteiger partial charge in [-0.25, -0.2) is 4.98 Å². The van der Waals surface area contributed by atoms with Crippen LogP contribution in [0.5, 0.6) is 5.75 Å². The molecule has 0 radical (unpaired) electrons. The summed E-state index contributed by atoms with van der Waals surface area (Å²) in [5, 5.41) is 20.3. The van der Waals surface area contributed by atoms with Gasteiger partial charge in [-0.05, 0) is 18.2 Å². The molecule has 0 saturated heterocycles. The Morgan fingerprint density at radius 3 is 2.74 bits per heavy atom. The lowest BCUT2D eigenvalue weighted by atomic mass is 10.2. The van der Waals surface area contributed by atoms with Gasteiger partial charge >= 0.3 is 0 Å². The van der Waals surface area contributed by atoms with Crippen molar-refractivity contribution in [3.8, 4) is 17.1 Å². The van der Waals surface area contributed by atoms with Gasteiger partial charge < -0.3 is 10.1 Å². The van der Waals surface area contributed by atoms with Crippen molar-refractivity contribution in [1.82, 2.24) is 9.97 Å². The van der Waals surface area contributed by atoms with Crippen LogP contribution in [-0.2, 0) is 0 Å². The first kappa shape index (κ1) is 11.2. The molecule has 94 valence electrons. The van der Waals surface area contributed by atoms with Crippen LogP contribution < -0.4 is 0 Å². The number of aromatic hydroxyl groups is 1. The van der Waals surface area contributed by atoms with E-state index in [9.17, 15) is 15.2 Å². The lowest BCUT2D eigenvalue weighted by Crippen LogP contribution is -1.89. The first-order valence-electron chi connectivity index (χ1n) is 5.57. The molecule has 3 rings (SSSR count).